The van der Waals surface area contributed by atoms with Gasteiger partial charge in [0, 0.05) is 48.4 Å². The van der Waals surface area contributed by atoms with Gasteiger partial charge in [0.1, 0.15) is 47.6 Å². The summed E-state index contributed by atoms with van der Waals surface area (Å²) in [5, 5.41) is 35.0. The van der Waals surface area contributed by atoms with Crippen molar-refractivity contribution in [3.63, 3.8) is 0 Å². The van der Waals surface area contributed by atoms with Crippen LogP contribution in [0.25, 0.3) is 0 Å². The van der Waals surface area contributed by atoms with Crippen LogP contribution in [0.15, 0.2) is 53.6 Å². The van der Waals surface area contributed by atoms with Gasteiger partial charge in [-0.05, 0) is 102 Å². The summed E-state index contributed by atoms with van der Waals surface area (Å²) in [6, 6.07) is 7.32. The molecule has 2 heterocycles. The molecule has 412 valence electrons. The maximum Gasteiger partial charge on any atom is 1.00 e. The van der Waals surface area contributed by atoms with Gasteiger partial charge in [-0.1, -0.05) is 55.3 Å². The number of phenolic OH excluding ortho intramolecular Hbond substituents is 2. The van der Waals surface area contributed by atoms with Crippen molar-refractivity contribution in [3.05, 3.63) is 109 Å². The topological polar surface area (TPSA) is 372 Å². The molecule has 5 rings (SSSR count). The fourth-order valence-corrected chi connectivity index (χ4v) is 12.6. The molecule has 10 N–H and O–H groups in total. The van der Waals surface area contributed by atoms with E-state index in [2.05, 4.69) is 5.09 Å². The summed E-state index contributed by atoms with van der Waals surface area (Å²) in [5.41, 5.74) is 7.52. The van der Waals surface area contributed by atoms with Gasteiger partial charge in [-0.2, -0.15) is 25.4 Å². The van der Waals surface area contributed by atoms with Gasteiger partial charge >= 0.3 is 62.6 Å². The number of esters is 3. The SMILES string of the molecule is CCOC(=O)[C@H](C)NP(=O)(CCN(C/C(C)=C/Cc1c(O)c2c(c(C)c1CC)COC2=O)S(N)(=O)=O)Oc1ccccc1.CCc1c(C)c2c(c(O)c1C/C=C(\C)CN(CCP(=O)(O)O)S(N)(=O)=O)C(=O)OC2.[Na+].[OH-]. The Labute approximate surface area is 460 Å². The number of nitrogens with zero attached hydrogens (tertiary/aromatic N) is 2. The van der Waals surface area contributed by atoms with Gasteiger partial charge in [-0.15, -0.1) is 0 Å². The number of rotatable bonds is 24. The summed E-state index contributed by atoms with van der Waals surface area (Å²) in [5.74, 6) is -1.78. The van der Waals surface area contributed by atoms with Crippen LogP contribution in [-0.4, -0.2) is 120 Å². The van der Waals surface area contributed by atoms with Crippen LogP contribution < -0.4 is 49.4 Å². The molecule has 2 aliphatic rings. The number of allylic oxidation sites excluding steroid dienone is 2. The molecular weight excluding hydrogens is 1070 g/mol. The summed E-state index contributed by atoms with van der Waals surface area (Å²) in [6.45, 7) is 13.5. The first-order chi connectivity index (χ1) is 34.0. The van der Waals surface area contributed by atoms with E-state index in [0.717, 1.165) is 30.9 Å². The first kappa shape index (κ1) is 67.1. The number of hydrogen-bond donors (Lipinski definition) is 7. The van der Waals surface area contributed by atoms with Crippen LogP contribution in [0.4, 0.5) is 0 Å². The molecule has 2 atom stereocenters. The number of para-hydroxylation sites is 1. The normalized spacial score (nSPS) is 14.9. The zero-order chi connectivity index (χ0) is 54.8. The molecule has 0 saturated heterocycles. The Morgan fingerprint density at radius 1 is 0.773 bits per heavy atom. The predicted molar refractivity (Wildman–Crippen MR) is 275 cm³/mol. The summed E-state index contributed by atoms with van der Waals surface area (Å²) in [6.07, 6.45) is 4.19. The number of carbonyl (C=O) groups is 3. The number of carbonyl (C=O) groups excluding carboxylic acids is 3. The smallest absolute Gasteiger partial charge is 0.870 e. The molecule has 0 fully saturated rings. The Hall–Kier alpha value is -4.01. The molecule has 28 heteroatoms. The van der Waals surface area contributed by atoms with Gasteiger partial charge in [0.05, 0.1) is 18.9 Å². The first-order valence-corrected chi connectivity index (χ1v) is 29.8. The number of phenols is 2. The molecule has 0 aromatic heterocycles. The number of aromatic hydroxyl groups is 2. The minimum atomic E-state index is -4.39. The van der Waals surface area contributed by atoms with Crippen molar-refractivity contribution in [2.45, 2.75) is 100 Å². The largest absolute Gasteiger partial charge is 1.00 e. The van der Waals surface area contributed by atoms with E-state index in [1.54, 1.807) is 63.3 Å². The van der Waals surface area contributed by atoms with Crippen LogP contribution in [0.5, 0.6) is 17.2 Å². The molecule has 3 aromatic carbocycles. The average molecular weight is 1140 g/mol. The van der Waals surface area contributed by atoms with Crippen LogP contribution >= 0.6 is 15.1 Å². The number of fused-ring (bicyclic) bond motifs is 2. The molecule has 0 bridgehead atoms. The molecule has 0 spiro atoms. The number of nitrogens with two attached hydrogens (primary N) is 2. The number of ether oxygens (including phenoxy) is 3. The molecule has 1 unspecified atom stereocenters. The number of benzene rings is 3. The third-order valence-electron chi connectivity index (χ3n) is 12.2. The first-order valence-electron chi connectivity index (χ1n) is 23.2. The van der Waals surface area contributed by atoms with Crippen LogP contribution in [0.3, 0.4) is 0 Å². The minimum absolute atomic E-state index is 0. The second-order valence-corrected chi connectivity index (χ2v) is 24.6. The van der Waals surface area contributed by atoms with Crippen molar-refractivity contribution >= 4 is 53.4 Å². The molecule has 0 saturated carbocycles. The fourth-order valence-electron chi connectivity index (χ4n) is 8.40. The average Bonchev–Trinajstić information content (AvgIpc) is 3.90. The number of cyclic esters (lactones) is 2. The third kappa shape index (κ3) is 18.3. The van der Waals surface area contributed by atoms with Gasteiger partial charge in [0.2, 0.25) is 0 Å². The second-order valence-electron chi connectivity index (χ2n) is 17.5. The van der Waals surface area contributed by atoms with Crippen molar-refractivity contribution in [2.24, 2.45) is 10.3 Å². The second kappa shape index (κ2) is 28.6. The van der Waals surface area contributed by atoms with Crippen molar-refractivity contribution < 1.29 is 114 Å². The maximum absolute atomic E-state index is 13.9. The zero-order valence-electron chi connectivity index (χ0n) is 43.6. The van der Waals surface area contributed by atoms with Gasteiger partial charge in [-0.3, -0.25) is 13.9 Å². The molecule has 0 amide bonds. The predicted octanol–water partition coefficient (Wildman–Crippen LogP) is 1.67. The quantitative estimate of drug-likeness (QED) is 0.0220. The van der Waals surface area contributed by atoms with Gasteiger partial charge in [0.25, 0.3) is 20.4 Å². The van der Waals surface area contributed by atoms with E-state index < -0.39 is 72.2 Å². The Morgan fingerprint density at radius 3 is 1.56 bits per heavy atom. The summed E-state index contributed by atoms with van der Waals surface area (Å²) in [4.78, 5) is 54.5. The van der Waals surface area contributed by atoms with E-state index in [-0.39, 0.29) is 122 Å². The molecule has 23 nitrogen and oxygen atoms in total. The molecule has 75 heavy (non-hydrogen) atoms. The number of nitrogens with one attached hydrogen (secondary N) is 1. The third-order valence-corrected chi connectivity index (χ3v) is 17.1. The number of hydrogen-bond acceptors (Lipinski definition) is 16. The molecular formula is C47H68N5NaO18P2S2. The van der Waals surface area contributed by atoms with E-state index in [1.807, 2.05) is 27.7 Å². The van der Waals surface area contributed by atoms with Gasteiger partial charge in [0.15, 0.2) is 0 Å². The van der Waals surface area contributed by atoms with E-state index in [9.17, 15) is 50.6 Å². The van der Waals surface area contributed by atoms with Gasteiger partial charge < -0.3 is 44.2 Å². The molecule has 2 aliphatic heterocycles. The Morgan fingerprint density at radius 2 is 1.19 bits per heavy atom. The van der Waals surface area contributed by atoms with Crippen molar-refractivity contribution in [1.29, 1.82) is 0 Å². The van der Waals surface area contributed by atoms with Gasteiger partial charge in [-0.25, -0.2) is 25.0 Å². The molecule has 0 aliphatic carbocycles. The zero-order valence-corrected chi connectivity index (χ0v) is 49.0. The Balaban J connectivity index is 0.000000531. The Bertz CT molecular complexity index is 2950. The molecule has 3 aromatic rings. The van der Waals surface area contributed by atoms with E-state index >= 15 is 0 Å². The van der Waals surface area contributed by atoms with Crippen molar-refractivity contribution in [1.82, 2.24) is 13.7 Å². The molecule has 0 radical (unpaired) electrons. The van der Waals surface area contributed by atoms with Crippen LogP contribution in [0.2, 0.25) is 0 Å². The fraction of sp³-hybridized carbons (Fsp3) is 0.468. The van der Waals surface area contributed by atoms with Crippen molar-refractivity contribution in [2.75, 3.05) is 45.1 Å². The summed E-state index contributed by atoms with van der Waals surface area (Å²) in [7, 11) is -16.7. The van der Waals surface area contributed by atoms with Crippen molar-refractivity contribution in [3.8, 4) is 17.2 Å². The van der Waals surface area contributed by atoms with Crippen LogP contribution in [-0.2, 0) is 87.5 Å². The minimum Gasteiger partial charge on any atom is -0.870 e. The van der Waals surface area contributed by atoms with Crippen LogP contribution in [0, 0.1) is 13.8 Å². The summed E-state index contributed by atoms with van der Waals surface area (Å²) < 4.78 is 96.3. The van der Waals surface area contributed by atoms with E-state index in [1.165, 1.54) is 6.92 Å². The van der Waals surface area contributed by atoms with E-state index in [4.69, 9.17) is 38.8 Å². The summed E-state index contributed by atoms with van der Waals surface area (Å²) >= 11 is 0. The monoisotopic (exact) mass is 1140 g/mol. The Kier molecular flexibility index (Phi) is 25.6. The maximum atomic E-state index is 13.9. The van der Waals surface area contributed by atoms with E-state index in [0.29, 0.717) is 46.2 Å². The van der Waals surface area contributed by atoms with Crippen LogP contribution in [0.1, 0.15) is 107 Å². The standard InChI is InChI=1S/C29H40N3O9PS.C18H27N2O8PS.Na.H2O/c1-6-23-20(4)25-18-40-29(35)26(25)27(33)24(23)14-13-19(3)17-32(43(30,37)38)15-16-42(36,31-21(5)28(34)39-7-2)41-22-11-9-8-10-12-22;1-4-13-12(3)15-10-28-18(22)16(15)17(21)14(13)6-5-11(2)9-20(30(19,26)27)7-8-29(23,24)25;;/h8-13,21,33H,6-7,14-18H2,1-5H3,(H,31,36)(H2,30,37,38);5,21H,4,6-10H2,1-3H3,(H2,19,26,27)(H2,23,24,25);;1H2/q;;+1;/p-1/b19-13+;11-5+;;/t21-,42?;;;/m0.../s1.